The lowest BCUT2D eigenvalue weighted by Gasteiger charge is -2.39. The molecule has 2 atom stereocenters. The molecule has 6 nitrogen and oxygen atoms in total. The summed E-state index contributed by atoms with van der Waals surface area (Å²) in [6.45, 7) is 11.7. The van der Waals surface area contributed by atoms with Crippen molar-refractivity contribution in [3.8, 4) is 0 Å². The summed E-state index contributed by atoms with van der Waals surface area (Å²) in [7, 11) is 0. The second-order valence-corrected chi connectivity index (χ2v) is 7.14. The molecule has 3 heterocycles. The zero-order chi connectivity index (χ0) is 18.4. The zero-order valence-electron chi connectivity index (χ0n) is 16.2. The minimum atomic E-state index is 0. The Morgan fingerprint density at radius 2 is 2.33 bits per heavy atom. The van der Waals surface area contributed by atoms with Crippen molar-refractivity contribution in [1.29, 1.82) is 0 Å². The van der Waals surface area contributed by atoms with Crippen LogP contribution in [0.1, 0.15) is 32.1 Å². The highest BCUT2D eigenvalue weighted by atomic mass is 127. The summed E-state index contributed by atoms with van der Waals surface area (Å²) in [5.74, 6) is 2.56. The van der Waals surface area contributed by atoms with Gasteiger partial charge in [-0.2, -0.15) is 0 Å². The van der Waals surface area contributed by atoms with E-state index in [1.54, 1.807) is 6.26 Å². The summed E-state index contributed by atoms with van der Waals surface area (Å²) < 4.78 is 7.64. The third kappa shape index (κ3) is 6.12. The number of rotatable bonds is 6. The number of hydrogen-bond acceptors (Lipinski definition) is 3. The maximum absolute atomic E-state index is 5.42. The van der Waals surface area contributed by atoms with Gasteiger partial charge in [0, 0.05) is 38.4 Å². The third-order valence-corrected chi connectivity index (χ3v) is 4.86. The molecule has 1 fully saturated rings. The molecule has 0 amide bonds. The Morgan fingerprint density at radius 1 is 1.48 bits per heavy atom. The predicted molar refractivity (Wildman–Crippen MR) is 120 cm³/mol. The van der Waals surface area contributed by atoms with E-state index in [1.807, 2.05) is 31.6 Å². The maximum Gasteiger partial charge on any atom is 0.194 e. The van der Waals surface area contributed by atoms with Crippen molar-refractivity contribution in [2.75, 3.05) is 26.2 Å². The van der Waals surface area contributed by atoms with Crippen LogP contribution in [0, 0.1) is 5.92 Å². The third-order valence-electron chi connectivity index (χ3n) is 4.86. The molecule has 2 aromatic rings. The second-order valence-electron chi connectivity index (χ2n) is 7.14. The Bertz CT molecular complexity index is 711. The molecule has 3 rings (SSSR count). The van der Waals surface area contributed by atoms with Crippen molar-refractivity contribution >= 4 is 29.9 Å². The second kappa shape index (κ2) is 10.5. The van der Waals surface area contributed by atoms with Crippen LogP contribution in [-0.4, -0.2) is 46.6 Å². The molecule has 7 heteroatoms. The fourth-order valence-electron chi connectivity index (χ4n) is 3.32. The first-order valence-electron chi connectivity index (χ1n) is 9.31. The van der Waals surface area contributed by atoms with Gasteiger partial charge in [0.1, 0.15) is 5.76 Å². The summed E-state index contributed by atoms with van der Waals surface area (Å²) in [5, 5.41) is 3.51. The van der Waals surface area contributed by atoms with Crippen LogP contribution in [0.25, 0.3) is 0 Å². The van der Waals surface area contributed by atoms with E-state index in [-0.39, 0.29) is 24.0 Å². The van der Waals surface area contributed by atoms with E-state index in [0.29, 0.717) is 18.5 Å². The topological polar surface area (TPSA) is 58.6 Å². The van der Waals surface area contributed by atoms with E-state index in [9.17, 15) is 0 Å². The lowest BCUT2D eigenvalue weighted by molar-refractivity contribution is 0.189. The average molecular weight is 483 g/mol. The highest BCUT2D eigenvalue weighted by Gasteiger charge is 2.28. The number of likely N-dealkylation sites (tertiary alicyclic amines) is 1. The van der Waals surface area contributed by atoms with Crippen molar-refractivity contribution in [1.82, 2.24) is 19.8 Å². The molecule has 27 heavy (non-hydrogen) atoms. The molecule has 0 spiro atoms. The predicted octanol–water partition coefficient (Wildman–Crippen LogP) is 3.74. The lowest BCUT2D eigenvalue weighted by atomic mass is 9.93. The standard InChI is InChI=1S/C20H29N5O.HI/c1-16(2)13-23-20(22-8-6-18-5-4-12-26-18)24-10-7-17(3)19(14-24)25-11-9-21-15-25;/h4-5,9,11-12,15,17,19H,1,6-8,10,13-14H2,2-3H3,(H,22,23);1H. The van der Waals surface area contributed by atoms with Gasteiger partial charge in [-0.25, -0.2) is 9.98 Å². The molecule has 148 valence electrons. The van der Waals surface area contributed by atoms with Crippen molar-refractivity contribution in [2.45, 2.75) is 32.7 Å². The van der Waals surface area contributed by atoms with Crippen molar-refractivity contribution in [3.63, 3.8) is 0 Å². The minimum Gasteiger partial charge on any atom is -0.469 e. The summed E-state index contributed by atoms with van der Waals surface area (Å²) in [5.41, 5.74) is 1.06. The van der Waals surface area contributed by atoms with Crippen LogP contribution in [0.2, 0.25) is 0 Å². The fourth-order valence-corrected chi connectivity index (χ4v) is 3.32. The average Bonchev–Trinajstić information content (AvgIpc) is 3.32. The number of imidazole rings is 1. The van der Waals surface area contributed by atoms with Crippen molar-refractivity contribution in [2.24, 2.45) is 10.9 Å². The van der Waals surface area contributed by atoms with E-state index < -0.39 is 0 Å². The minimum absolute atomic E-state index is 0. The zero-order valence-corrected chi connectivity index (χ0v) is 18.5. The molecule has 1 aliphatic heterocycles. The Labute approximate surface area is 178 Å². The van der Waals surface area contributed by atoms with Crippen molar-refractivity contribution in [3.05, 3.63) is 55.0 Å². The van der Waals surface area contributed by atoms with Crippen LogP contribution in [0.3, 0.4) is 0 Å². The molecule has 1 saturated heterocycles. The summed E-state index contributed by atoms with van der Waals surface area (Å²) in [6, 6.07) is 4.34. The van der Waals surface area contributed by atoms with Gasteiger partial charge in [0.15, 0.2) is 5.96 Å². The Morgan fingerprint density at radius 3 is 3.00 bits per heavy atom. The van der Waals surface area contributed by atoms with E-state index in [4.69, 9.17) is 9.41 Å². The first kappa shape index (κ1) is 21.5. The van der Waals surface area contributed by atoms with Gasteiger partial charge in [-0.3, -0.25) is 0 Å². The molecule has 1 aliphatic rings. The molecular weight excluding hydrogens is 453 g/mol. The maximum atomic E-state index is 5.42. The van der Waals surface area contributed by atoms with Crippen LogP contribution < -0.4 is 5.32 Å². The van der Waals surface area contributed by atoms with Gasteiger partial charge in [-0.15, -0.1) is 24.0 Å². The van der Waals surface area contributed by atoms with Crippen LogP contribution in [0.4, 0.5) is 0 Å². The molecule has 0 bridgehead atoms. The molecule has 0 saturated carbocycles. The summed E-state index contributed by atoms with van der Waals surface area (Å²) in [4.78, 5) is 11.4. The molecule has 2 aromatic heterocycles. The number of nitrogens with zero attached hydrogens (tertiary/aromatic N) is 4. The SMILES string of the molecule is C=C(C)CN=C(NCCc1ccco1)N1CCC(C)C(n2ccnc2)C1.I. The molecular formula is C20H30IN5O. The summed E-state index contributed by atoms with van der Waals surface area (Å²) >= 11 is 0. The first-order valence-corrected chi connectivity index (χ1v) is 9.31. The molecule has 2 unspecified atom stereocenters. The fraction of sp³-hybridized carbons (Fsp3) is 0.500. The van der Waals surface area contributed by atoms with Gasteiger partial charge in [0.25, 0.3) is 0 Å². The van der Waals surface area contributed by atoms with E-state index >= 15 is 0 Å². The highest BCUT2D eigenvalue weighted by Crippen LogP contribution is 2.27. The van der Waals surface area contributed by atoms with Crippen LogP contribution in [0.15, 0.2) is 58.7 Å². The van der Waals surface area contributed by atoms with Crippen LogP contribution >= 0.6 is 24.0 Å². The van der Waals surface area contributed by atoms with Gasteiger partial charge in [-0.1, -0.05) is 19.1 Å². The number of piperidine rings is 1. The number of aliphatic imine (C=N–C) groups is 1. The van der Waals surface area contributed by atoms with Gasteiger partial charge in [-0.05, 0) is 31.4 Å². The lowest BCUT2D eigenvalue weighted by Crippen LogP contribution is -2.49. The molecule has 0 aliphatic carbocycles. The number of hydrogen-bond donors (Lipinski definition) is 1. The van der Waals surface area contributed by atoms with Crippen molar-refractivity contribution < 1.29 is 4.42 Å². The Hall–Kier alpha value is -1.77. The van der Waals surface area contributed by atoms with Crippen LogP contribution in [-0.2, 0) is 6.42 Å². The van der Waals surface area contributed by atoms with Gasteiger partial charge >= 0.3 is 0 Å². The number of guanidine groups is 1. The number of furan rings is 1. The van der Waals surface area contributed by atoms with Gasteiger partial charge in [0.2, 0.25) is 0 Å². The number of nitrogens with one attached hydrogen (secondary N) is 1. The van der Waals surface area contributed by atoms with Crippen LogP contribution in [0.5, 0.6) is 0 Å². The highest BCUT2D eigenvalue weighted by molar-refractivity contribution is 14.0. The molecule has 0 aromatic carbocycles. The summed E-state index contributed by atoms with van der Waals surface area (Å²) in [6.07, 6.45) is 9.51. The number of halogens is 1. The molecule has 1 N–H and O–H groups in total. The molecule has 0 radical (unpaired) electrons. The monoisotopic (exact) mass is 483 g/mol. The number of aromatic nitrogens is 2. The Kier molecular flexibility index (Phi) is 8.40. The largest absolute Gasteiger partial charge is 0.469 e. The quantitative estimate of drug-likeness (QED) is 0.295. The Balaban J connectivity index is 0.00000261. The first-order chi connectivity index (χ1) is 12.6. The van der Waals surface area contributed by atoms with Gasteiger partial charge < -0.3 is 19.2 Å². The van der Waals surface area contributed by atoms with E-state index in [0.717, 1.165) is 49.8 Å². The smallest absolute Gasteiger partial charge is 0.194 e. The van der Waals surface area contributed by atoms with E-state index in [2.05, 4.69) is 39.5 Å². The normalized spacial score (nSPS) is 20.2. The van der Waals surface area contributed by atoms with E-state index in [1.165, 1.54) is 0 Å². The van der Waals surface area contributed by atoms with Gasteiger partial charge in [0.05, 0.1) is 25.2 Å².